The van der Waals surface area contributed by atoms with Crippen LogP contribution in [0, 0.1) is 18.3 Å². The molecule has 0 radical (unpaired) electrons. The van der Waals surface area contributed by atoms with E-state index in [1.807, 2.05) is 12.1 Å². The zero-order valence-corrected chi connectivity index (χ0v) is 20.5. The lowest BCUT2D eigenvalue weighted by Gasteiger charge is -2.45. The molecule has 0 bridgehead atoms. The van der Waals surface area contributed by atoms with E-state index in [2.05, 4.69) is 69.2 Å². The van der Waals surface area contributed by atoms with Gasteiger partial charge >= 0.3 is 0 Å². The molecule has 3 aliphatic heterocycles. The van der Waals surface area contributed by atoms with Crippen LogP contribution in [-0.2, 0) is 6.54 Å². The Kier molecular flexibility index (Phi) is 5.71. The number of hydrogen-bond donors (Lipinski definition) is 1. The molecule has 4 heterocycles. The second-order valence-corrected chi connectivity index (χ2v) is 9.97. The molecule has 0 spiro atoms. The third-order valence-corrected chi connectivity index (χ3v) is 7.85. The van der Waals surface area contributed by atoms with Crippen LogP contribution in [0.4, 0.5) is 11.4 Å². The van der Waals surface area contributed by atoms with Gasteiger partial charge in [0.1, 0.15) is 18.4 Å². The van der Waals surface area contributed by atoms with Gasteiger partial charge in [0, 0.05) is 85.9 Å². The average Bonchev–Trinajstić information content (AvgIpc) is 3.09. The van der Waals surface area contributed by atoms with Gasteiger partial charge in [0.15, 0.2) is 0 Å². The van der Waals surface area contributed by atoms with E-state index in [0.29, 0.717) is 18.2 Å². The van der Waals surface area contributed by atoms with Crippen LogP contribution >= 0.6 is 0 Å². The van der Waals surface area contributed by atoms with E-state index in [-0.39, 0.29) is 6.04 Å². The third-order valence-electron chi connectivity index (χ3n) is 7.85. The molecule has 0 unspecified atom stereocenters. The van der Waals surface area contributed by atoms with Crippen molar-refractivity contribution in [2.75, 3.05) is 55.7 Å². The summed E-state index contributed by atoms with van der Waals surface area (Å²) in [5, 5.41) is 14.0. The summed E-state index contributed by atoms with van der Waals surface area (Å²) in [4.78, 5) is 12.0. The zero-order valence-electron chi connectivity index (χ0n) is 20.5. The van der Waals surface area contributed by atoms with E-state index >= 15 is 0 Å². The van der Waals surface area contributed by atoms with Crippen molar-refractivity contribution in [3.63, 3.8) is 0 Å². The molecular formula is C28H32N6O. The molecule has 3 aromatic rings. The van der Waals surface area contributed by atoms with E-state index in [1.54, 1.807) is 6.20 Å². The fourth-order valence-corrected chi connectivity index (χ4v) is 6.06. The lowest BCUT2D eigenvalue weighted by molar-refractivity contribution is 0.0891. The van der Waals surface area contributed by atoms with Gasteiger partial charge in [-0.25, -0.2) is 0 Å². The standard InChI is InChI=1S/C28H32N6O/c1-19-15-33(26-8-5-21(14-29)27-24(26)4-3-9-31-27)17-23-18-35-28-20(2)25(32-12-10-30-11-13-32)7-6-22(28)16-34(19)23/h3-9,19,23,30H,10-13,15-18H2,1-2H3/t19-,23-/m0/s1. The molecule has 0 amide bonds. The Labute approximate surface area is 206 Å². The van der Waals surface area contributed by atoms with Crippen LogP contribution in [0.25, 0.3) is 10.9 Å². The Hall–Kier alpha value is -3.34. The number of nitrogens with one attached hydrogen (secondary N) is 1. The van der Waals surface area contributed by atoms with Crippen molar-refractivity contribution in [2.45, 2.75) is 32.5 Å². The predicted molar refractivity (Wildman–Crippen MR) is 139 cm³/mol. The van der Waals surface area contributed by atoms with Crippen molar-refractivity contribution < 1.29 is 4.74 Å². The molecule has 2 fully saturated rings. The highest BCUT2D eigenvalue weighted by atomic mass is 16.5. The number of aromatic nitrogens is 1. The number of nitriles is 1. The van der Waals surface area contributed by atoms with Crippen LogP contribution in [0.3, 0.4) is 0 Å². The fraction of sp³-hybridized carbons (Fsp3) is 0.429. The second kappa shape index (κ2) is 9.03. The number of benzene rings is 2. The van der Waals surface area contributed by atoms with Crippen molar-refractivity contribution in [3.05, 3.63) is 59.3 Å². The van der Waals surface area contributed by atoms with Crippen molar-refractivity contribution in [3.8, 4) is 11.8 Å². The molecule has 2 aromatic carbocycles. The summed E-state index contributed by atoms with van der Waals surface area (Å²) in [7, 11) is 0. The second-order valence-electron chi connectivity index (χ2n) is 9.97. The Morgan fingerprint density at radius 2 is 1.89 bits per heavy atom. The number of pyridine rings is 1. The molecule has 0 saturated carbocycles. The molecule has 35 heavy (non-hydrogen) atoms. The quantitative estimate of drug-likeness (QED) is 0.619. The number of hydrogen-bond acceptors (Lipinski definition) is 7. The first-order chi connectivity index (χ1) is 17.1. The zero-order chi connectivity index (χ0) is 23.9. The Morgan fingerprint density at radius 1 is 1.06 bits per heavy atom. The summed E-state index contributed by atoms with van der Waals surface area (Å²) in [6, 6.07) is 15.5. The first-order valence-electron chi connectivity index (χ1n) is 12.6. The van der Waals surface area contributed by atoms with E-state index in [0.717, 1.165) is 68.2 Å². The molecule has 7 heteroatoms. The number of anilines is 2. The first-order valence-corrected chi connectivity index (χ1v) is 12.6. The topological polar surface area (TPSA) is 67.7 Å². The lowest BCUT2D eigenvalue weighted by Crippen LogP contribution is -2.58. The van der Waals surface area contributed by atoms with Gasteiger partial charge in [0.2, 0.25) is 0 Å². The Bertz CT molecular complexity index is 1290. The van der Waals surface area contributed by atoms with Gasteiger partial charge < -0.3 is 19.9 Å². The van der Waals surface area contributed by atoms with E-state index in [1.165, 1.54) is 16.8 Å². The highest BCUT2D eigenvalue weighted by Crippen LogP contribution is 2.38. The van der Waals surface area contributed by atoms with Crippen LogP contribution in [-0.4, -0.2) is 67.8 Å². The maximum absolute atomic E-state index is 9.54. The number of ether oxygens (including phenoxy) is 1. The van der Waals surface area contributed by atoms with Crippen LogP contribution in [0.1, 0.15) is 23.6 Å². The van der Waals surface area contributed by atoms with Gasteiger partial charge in [-0.3, -0.25) is 9.88 Å². The molecule has 2 saturated heterocycles. The largest absolute Gasteiger partial charge is 0.491 e. The van der Waals surface area contributed by atoms with Crippen molar-refractivity contribution in [1.82, 2.24) is 15.2 Å². The molecular weight excluding hydrogens is 436 g/mol. The third kappa shape index (κ3) is 3.87. The minimum Gasteiger partial charge on any atom is -0.491 e. The van der Waals surface area contributed by atoms with Crippen LogP contribution < -0.4 is 19.9 Å². The van der Waals surface area contributed by atoms with Gasteiger partial charge in [0.05, 0.1) is 17.1 Å². The lowest BCUT2D eigenvalue weighted by atomic mass is 10.0. The van der Waals surface area contributed by atoms with Gasteiger partial charge in [-0.15, -0.1) is 0 Å². The summed E-state index contributed by atoms with van der Waals surface area (Å²) in [5.74, 6) is 1.07. The number of rotatable bonds is 2. The van der Waals surface area contributed by atoms with E-state index < -0.39 is 0 Å². The van der Waals surface area contributed by atoms with Crippen LogP contribution in [0.15, 0.2) is 42.6 Å². The summed E-state index contributed by atoms with van der Waals surface area (Å²) in [6.45, 7) is 12.1. The van der Waals surface area contributed by atoms with Crippen molar-refractivity contribution in [2.24, 2.45) is 0 Å². The van der Waals surface area contributed by atoms with Crippen LogP contribution in [0.2, 0.25) is 0 Å². The first kappa shape index (κ1) is 22.1. The molecule has 7 nitrogen and oxygen atoms in total. The van der Waals surface area contributed by atoms with Gasteiger partial charge in [-0.2, -0.15) is 5.26 Å². The maximum atomic E-state index is 9.54. The smallest absolute Gasteiger partial charge is 0.128 e. The molecule has 180 valence electrons. The highest BCUT2D eigenvalue weighted by Gasteiger charge is 2.36. The molecule has 1 aromatic heterocycles. The fourth-order valence-electron chi connectivity index (χ4n) is 6.06. The SMILES string of the molecule is Cc1c(N2CCNCC2)ccc2c1OC[C@@H]1CN(c3ccc(C#N)c4ncccc34)C[C@H](C)N1C2. The summed E-state index contributed by atoms with van der Waals surface area (Å²) in [6.07, 6.45) is 1.76. The summed E-state index contributed by atoms with van der Waals surface area (Å²) < 4.78 is 6.57. The van der Waals surface area contributed by atoms with Gasteiger partial charge in [-0.05, 0) is 44.2 Å². The molecule has 1 N–H and O–H groups in total. The Morgan fingerprint density at radius 3 is 2.71 bits per heavy atom. The minimum absolute atomic E-state index is 0.288. The van der Waals surface area contributed by atoms with Gasteiger partial charge in [0.25, 0.3) is 0 Å². The maximum Gasteiger partial charge on any atom is 0.128 e. The molecule has 6 rings (SSSR count). The molecule has 2 atom stereocenters. The molecule has 3 aliphatic rings. The predicted octanol–water partition coefficient (Wildman–Crippen LogP) is 3.30. The van der Waals surface area contributed by atoms with E-state index in [4.69, 9.17) is 4.74 Å². The summed E-state index contributed by atoms with van der Waals surface area (Å²) in [5.41, 5.74) is 6.41. The van der Waals surface area contributed by atoms with Crippen molar-refractivity contribution in [1.29, 1.82) is 5.26 Å². The normalized spacial score (nSPS) is 22.7. The summed E-state index contributed by atoms with van der Waals surface area (Å²) >= 11 is 0. The number of fused-ring (bicyclic) bond motifs is 3. The minimum atomic E-state index is 0.288. The van der Waals surface area contributed by atoms with Gasteiger partial charge in [-0.1, -0.05) is 6.07 Å². The number of piperazine rings is 2. The monoisotopic (exact) mass is 468 g/mol. The van der Waals surface area contributed by atoms with Crippen molar-refractivity contribution >= 4 is 22.3 Å². The van der Waals surface area contributed by atoms with E-state index in [9.17, 15) is 5.26 Å². The number of nitrogens with zero attached hydrogens (tertiary/aromatic N) is 5. The average molecular weight is 469 g/mol. The Balaban J connectivity index is 1.29. The highest BCUT2D eigenvalue weighted by molar-refractivity contribution is 5.95. The molecule has 0 aliphatic carbocycles. The van der Waals surface area contributed by atoms with Crippen LogP contribution in [0.5, 0.6) is 5.75 Å².